The molecule has 4 rings (SSSR count). The number of hydrogen-bond donors (Lipinski definition) is 2. The van der Waals surface area contributed by atoms with E-state index in [4.69, 9.17) is 26.1 Å². The standard InChI is InChI=1S/C24H23ClN2O3/c1-29-18-8-3-15(4-9-18)21-14-22(20-13-17(25)7-12-23(20)28)27-24(26-21)16-5-10-19(30-2)11-6-16/h3-13,22,24,27-28H,14H2,1-2H3/t22-,24-/m0/s1. The van der Waals surface area contributed by atoms with E-state index >= 15 is 0 Å². The maximum absolute atomic E-state index is 10.5. The molecule has 3 aromatic carbocycles. The molecule has 30 heavy (non-hydrogen) atoms. The van der Waals surface area contributed by atoms with Crippen molar-refractivity contribution in [1.29, 1.82) is 0 Å². The third-order valence-corrected chi connectivity index (χ3v) is 5.50. The number of ether oxygens (including phenoxy) is 2. The molecule has 1 heterocycles. The van der Waals surface area contributed by atoms with Crippen LogP contribution in [0.3, 0.4) is 0 Å². The number of phenolic OH excluding ortho intramolecular Hbond substituents is 1. The number of aromatic hydroxyl groups is 1. The second kappa shape index (κ2) is 8.78. The summed E-state index contributed by atoms with van der Waals surface area (Å²) < 4.78 is 10.5. The van der Waals surface area contributed by atoms with Crippen LogP contribution in [0, 0.1) is 0 Å². The predicted octanol–water partition coefficient (Wildman–Crippen LogP) is 5.29. The lowest BCUT2D eigenvalue weighted by Gasteiger charge is -2.31. The average molecular weight is 423 g/mol. The zero-order valence-corrected chi connectivity index (χ0v) is 17.6. The Morgan fingerprint density at radius 1 is 0.933 bits per heavy atom. The molecule has 1 aliphatic heterocycles. The lowest BCUT2D eigenvalue weighted by Crippen LogP contribution is -2.33. The number of rotatable bonds is 5. The highest BCUT2D eigenvalue weighted by atomic mass is 35.5. The minimum Gasteiger partial charge on any atom is -0.508 e. The van der Waals surface area contributed by atoms with Gasteiger partial charge in [-0.3, -0.25) is 10.3 Å². The number of nitrogens with zero attached hydrogens (tertiary/aromatic N) is 1. The Morgan fingerprint density at radius 3 is 2.20 bits per heavy atom. The van der Waals surface area contributed by atoms with Gasteiger partial charge >= 0.3 is 0 Å². The van der Waals surface area contributed by atoms with Gasteiger partial charge in [-0.05, 0) is 65.7 Å². The van der Waals surface area contributed by atoms with Gasteiger partial charge in [0.05, 0.1) is 14.2 Å². The number of aliphatic imine (C=N–C) groups is 1. The summed E-state index contributed by atoms with van der Waals surface area (Å²) in [5, 5.41) is 14.6. The maximum Gasteiger partial charge on any atom is 0.126 e. The normalized spacial score (nSPS) is 18.6. The van der Waals surface area contributed by atoms with Crippen LogP contribution in [0.5, 0.6) is 17.2 Å². The Morgan fingerprint density at radius 2 is 1.57 bits per heavy atom. The quantitative estimate of drug-likeness (QED) is 0.586. The van der Waals surface area contributed by atoms with Crippen LogP contribution in [0.25, 0.3) is 0 Å². The van der Waals surface area contributed by atoms with E-state index in [9.17, 15) is 5.11 Å². The molecule has 0 aliphatic carbocycles. The molecule has 0 saturated heterocycles. The minimum atomic E-state index is -0.273. The summed E-state index contributed by atoms with van der Waals surface area (Å²) in [6.07, 6.45) is 0.345. The molecule has 154 valence electrons. The summed E-state index contributed by atoms with van der Waals surface area (Å²) in [6, 6.07) is 20.6. The van der Waals surface area contributed by atoms with Gasteiger partial charge in [-0.25, -0.2) is 0 Å². The number of methoxy groups -OCH3 is 2. The first-order valence-corrected chi connectivity index (χ1v) is 10.0. The van der Waals surface area contributed by atoms with Crippen molar-refractivity contribution in [3.63, 3.8) is 0 Å². The molecule has 0 amide bonds. The molecule has 5 nitrogen and oxygen atoms in total. The van der Waals surface area contributed by atoms with Crippen LogP contribution >= 0.6 is 11.6 Å². The van der Waals surface area contributed by atoms with E-state index in [1.165, 1.54) is 0 Å². The highest BCUT2D eigenvalue weighted by molar-refractivity contribution is 6.30. The van der Waals surface area contributed by atoms with Gasteiger partial charge in [0.15, 0.2) is 0 Å². The third-order valence-electron chi connectivity index (χ3n) is 5.26. The SMILES string of the molecule is COc1ccc(C2=N[C@H](c3ccc(OC)cc3)N[C@H](c3cc(Cl)ccc3O)C2)cc1. The summed E-state index contributed by atoms with van der Waals surface area (Å²) in [7, 11) is 3.29. The van der Waals surface area contributed by atoms with E-state index in [0.717, 1.165) is 33.9 Å². The Bertz CT molecular complexity index is 1050. The van der Waals surface area contributed by atoms with E-state index in [-0.39, 0.29) is 18.0 Å². The molecule has 0 saturated carbocycles. The van der Waals surface area contributed by atoms with Gasteiger partial charge in [0.2, 0.25) is 0 Å². The molecule has 0 bridgehead atoms. The molecular weight excluding hydrogens is 400 g/mol. The average Bonchev–Trinajstić information content (AvgIpc) is 2.80. The Balaban J connectivity index is 1.73. The molecule has 0 aromatic heterocycles. The van der Waals surface area contributed by atoms with E-state index in [1.54, 1.807) is 32.4 Å². The lowest BCUT2D eigenvalue weighted by atomic mass is 9.93. The van der Waals surface area contributed by atoms with Crippen molar-refractivity contribution in [1.82, 2.24) is 5.32 Å². The number of phenols is 1. The van der Waals surface area contributed by atoms with Crippen molar-refractivity contribution in [3.8, 4) is 17.2 Å². The minimum absolute atomic E-state index is 0.148. The van der Waals surface area contributed by atoms with Gasteiger partial charge in [0.1, 0.15) is 23.4 Å². The lowest BCUT2D eigenvalue weighted by molar-refractivity contribution is 0.408. The number of hydrogen-bond acceptors (Lipinski definition) is 5. The van der Waals surface area contributed by atoms with Crippen molar-refractivity contribution in [2.45, 2.75) is 18.6 Å². The van der Waals surface area contributed by atoms with Gasteiger partial charge in [-0.1, -0.05) is 23.7 Å². The third kappa shape index (κ3) is 4.27. The van der Waals surface area contributed by atoms with E-state index in [0.29, 0.717) is 11.4 Å². The predicted molar refractivity (Wildman–Crippen MR) is 119 cm³/mol. The summed E-state index contributed by atoms with van der Waals surface area (Å²) in [6.45, 7) is 0. The van der Waals surface area contributed by atoms with Crippen LogP contribution < -0.4 is 14.8 Å². The second-order valence-corrected chi connectivity index (χ2v) is 7.54. The van der Waals surface area contributed by atoms with Crippen molar-refractivity contribution < 1.29 is 14.6 Å². The second-order valence-electron chi connectivity index (χ2n) is 7.11. The van der Waals surface area contributed by atoms with E-state index in [1.807, 2.05) is 48.5 Å². The molecular formula is C24H23ClN2O3. The molecule has 1 aliphatic rings. The smallest absolute Gasteiger partial charge is 0.126 e. The molecule has 0 radical (unpaired) electrons. The number of halogens is 1. The van der Waals surface area contributed by atoms with Crippen molar-refractivity contribution in [2.24, 2.45) is 4.99 Å². The van der Waals surface area contributed by atoms with Gasteiger partial charge in [0, 0.05) is 28.8 Å². The van der Waals surface area contributed by atoms with Crippen molar-refractivity contribution >= 4 is 17.3 Å². The van der Waals surface area contributed by atoms with Crippen LogP contribution in [0.2, 0.25) is 5.02 Å². The van der Waals surface area contributed by atoms with Gasteiger partial charge in [0.25, 0.3) is 0 Å². The van der Waals surface area contributed by atoms with Crippen LogP contribution in [0.1, 0.15) is 35.3 Å². The highest BCUT2D eigenvalue weighted by Gasteiger charge is 2.28. The first kappa shape index (κ1) is 20.3. The van der Waals surface area contributed by atoms with Gasteiger partial charge in [-0.15, -0.1) is 0 Å². The first-order chi connectivity index (χ1) is 14.6. The Hall–Kier alpha value is -3.02. The fourth-order valence-corrected chi connectivity index (χ4v) is 3.81. The Labute approximate surface area is 180 Å². The van der Waals surface area contributed by atoms with E-state index < -0.39 is 0 Å². The number of benzene rings is 3. The molecule has 0 spiro atoms. The summed E-state index contributed by atoms with van der Waals surface area (Å²) in [4.78, 5) is 4.97. The largest absolute Gasteiger partial charge is 0.508 e. The van der Waals surface area contributed by atoms with Crippen LogP contribution in [-0.4, -0.2) is 25.0 Å². The van der Waals surface area contributed by atoms with Gasteiger partial charge < -0.3 is 14.6 Å². The van der Waals surface area contributed by atoms with Gasteiger partial charge in [-0.2, -0.15) is 0 Å². The van der Waals surface area contributed by atoms with E-state index in [2.05, 4.69) is 5.32 Å². The summed E-state index contributed by atoms with van der Waals surface area (Å²) in [5.74, 6) is 1.79. The first-order valence-electron chi connectivity index (χ1n) is 9.67. The topological polar surface area (TPSA) is 63.1 Å². The highest BCUT2D eigenvalue weighted by Crippen LogP contribution is 2.36. The molecule has 2 atom stereocenters. The fraction of sp³-hybridized carbons (Fsp3) is 0.208. The maximum atomic E-state index is 10.5. The molecule has 0 fully saturated rings. The zero-order valence-electron chi connectivity index (χ0n) is 16.8. The van der Waals surface area contributed by atoms with Crippen molar-refractivity contribution in [3.05, 3.63) is 88.4 Å². The van der Waals surface area contributed by atoms with Crippen LogP contribution in [0.15, 0.2) is 71.7 Å². The molecule has 3 aromatic rings. The zero-order chi connectivity index (χ0) is 21.1. The van der Waals surface area contributed by atoms with Crippen LogP contribution in [-0.2, 0) is 0 Å². The monoisotopic (exact) mass is 422 g/mol. The summed E-state index contributed by atoms with van der Waals surface area (Å²) in [5.41, 5.74) is 3.72. The summed E-state index contributed by atoms with van der Waals surface area (Å²) >= 11 is 6.21. The molecule has 6 heteroatoms. The Kier molecular flexibility index (Phi) is 5.93. The van der Waals surface area contributed by atoms with Crippen molar-refractivity contribution in [2.75, 3.05) is 14.2 Å². The molecule has 0 unspecified atom stereocenters. The number of nitrogens with one attached hydrogen (secondary N) is 1. The van der Waals surface area contributed by atoms with Crippen LogP contribution in [0.4, 0.5) is 0 Å². The fourth-order valence-electron chi connectivity index (χ4n) is 3.63. The molecule has 2 N–H and O–H groups in total.